The molecule has 4 heteroatoms. The van der Waals surface area contributed by atoms with Gasteiger partial charge in [-0.05, 0) is 42.8 Å². The monoisotopic (exact) mass is 339 g/mol. The smallest absolute Gasteiger partial charge is 0.151 e. The van der Waals surface area contributed by atoms with Gasteiger partial charge in [0.15, 0.2) is 5.75 Å². The van der Waals surface area contributed by atoms with Crippen LogP contribution in [0.2, 0.25) is 0 Å². The molecule has 0 aliphatic heterocycles. The Morgan fingerprint density at radius 2 is 1.46 bits per heavy atom. The summed E-state index contributed by atoms with van der Waals surface area (Å²) in [5.41, 5.74) is 5.28. The number of aryl methyl sites for hydroxylation is 1. The number of aromatic nitrogens is 3. The molecular formula is C22H17N3O. The highest BCUT2D eigenvalue weighted by molar-refractivity contribution is 5.82. The van der Waals surface area contributed by atoms with Crippen molar-refractivity contribution in [3.63, 3.8) is 0 Å². The maximum Gasteiger partial charge on any atom is 0.151 e. The summed E-state index contributed by atoms with van der Waals surface area (Å²) in [5, 5.41) is 10.9. The molecule has 0 amide bonds. The molecule has 0 spiro atoms. The molecule has 0 unspecified atom stereocenters. The normalized spacial score (nSPS) is 10.7. The molecule has 0 bridgehead atoms. The third-order valence-electron chi connectivity index (χ3n) is 4.16. The van der Waals surface area contributed by atoms with Crippen LogP contribution in [-0.4, -0.2) is 20.1 Å². The maximum absolute atomic E-state index is 10.9. The second-order valence-corrected chi connectivity index (χ2v) is 6.05. The van der Waals surface area contributed by atoms with Gasteiger partial charge in [0.25, 0.3) is 0 Å². The van der Waals surface area contributed by atoms with E-state index in [0.717, 1.165) is 16.8 Å². The van der Waals surface area contributed by atoms with Gasteiger partial charge in [-0.25, -0.2) is 4.98 Å². The van der Waals surface area contributed by atoms with Crippen LogP contribution < -0.4 is 0 Å². The van der Waals surface area contributed by atoms with Gasteiger partial charge >= 0.3 is 0 Å². The molecule has 3 heterocycles. The molecule has 1 N–H and O–H groups in total. The van der Waals surface area contributed by atoms with E-state index in [1.807, 2.05) is 73.7 Å². The summed E-state index contributed by atoms with van der Waals surface area (Å²) in [6.07, 6.45) is 3.42. The van der Waals surface area contributed by atoms with Crippen molar-refractivity contribution in [2.45, 2.75) is 6.92 Å². The van der Waals surface area contributed by atoms with Crippen LogP contribution in [-0.2, 0) is 0 Å². The molecular weight excluding hydrogens is 322 g/mol. The van der Waals surface area contributed by atoms with Crippen LogP contribution in [0.15, 0.2) is 79.1 Å². The number of hydrogen-bond donors (Lipinski definition) is 1. The molecule has 0 atom stereocenters. The largest absolute Gasteiger partial charge is 0.505 e. The van der Waals surface area contributed by atoms with Gasteiger partial charge in [-0.2, -0.15) is 0 Å². The molecule has 0 radical (unpaired) electrons. The summed E-state index contributed by atoms with van der Waals surface area (Å²) in [7, 11) is 0. The summed E-state index contributed by atoms with van der Waals surface area (Å²) in [5.74, 6) is 0.119. The van der Waals surface area contributed by atoms with Crippen LogP contribution in [0.1, 0.15) is 5.56 Å². The van der Waals surface area contributed by atoms with Gasteiger partial charge in [-0.15, -0.1) is 0 Å². The Bertz CT molecular complexity index is 1050. The molecule has 26 heavy (non-hydrogen) atoms. The molecule has 0 saturated heterocycles. The van der Waals surface area contributed by atoms with Crippen LogP contribution in [0.25, 0.3) is 33.9 Å². The number of rotatable bonds is 3. The average Bonchev–Trinajstić information content (AvgIpc) is 2.69. The standard InChI is InChI=1S/C22H17N3O/c1-15-7-6-8-16(13-15)17-14-20(18-9-2-4-11-23-18)25-21(22(17)26)19-10-3-5-12-24-19/h2-14,26H,1H3. The third kappa shape index (κ3) is 3.05. The van der Waals surface area contributed by atoms with Crippen LogP contribution in [0.5, 0.6) is 5.75 Å². The molecule has 0 saturated carbocycles. The first-order chi connectivity index (χ1) is 12.7. The SMILES string of the molecule is Cc1cccc(-c2cc(-c3ccccn3)nc(-c3ccccn3)c2O)c1. The van der Waals surface area contributed by atoms with Crippen molar-refractivity contribution in [2.75, 3.05) is 0 Å². The van der Waals surface area contributed by atoms with E-state index in [2.05, 4.69) is 15.0 Å². The van der Waals surface area contributed by atoms with E-state index >= 15 is 0 Å². The van der Waals surface area contributed by atoms with E-state index in [1.54, 1.807) is 12.4 Å². The van der Waals surface area contributed by atoms with Crippen molar-refractivity contribution >= 4 is 0 Å². The van der Waals surface area contributed by atoms with Gasteiger partial charge in [-0.1, -0.05) is 42.0 Å². The van der Waals surface area contributed by atoms with E-state index in [0.29, 0.717) is 22.6 Å². The van der Waals surface area contributed by atoms with Crippen molar-refractivity contribution in [1.82, 2.24) is 15.0 Å². The van der Waals surface area contributed by atoms with Gasteiger partial charge in [0.2, 0.25) is 0 Å². The number of benzene rings is 1. The number of hydrogen-bond acceptors (Lipinski definition) is 4. The Kier molecular flexibility index (Phi) is 4.15. The van der Waals surface area contributed by atoms with Crippen molar-refractivity contribution in [1.29, 1.82) is 0 Å². The molecule has 4 nitrogen and oxygen atoms in total. The van der Waals surface area contributed by atoms with Crippen molar-refractivity contribution in [3.8, 4) is 39.7 Å². The lowest BCUT2D eigenvalue weighted by molar-refractivity contribution is 0.477. The zero-order valence-corrected chi connectivity index (χ0v) is 14.3. The second-order valence-electron chi connectivity index (χ2n) is 6.05. The molecule has 1 aromatic carbocycles. The summed E-state index contributed by atoms with van der Waals surface area (Å²) in [6, 6.07) is 21.1. The Morgan fingerprint density at radius 3 is 2.12 bits per heavy atom. The fourth-order valence-electron chi connectivity index (χ4n) is 2.90. The lowest BCUT2D eigenvalue weighted by Crippen LogP contribution is -1.95. The van der Waals surface area contributed by atoms with Crippen LogP contribution in [0.3, 0.4) is 0 Å². The molecule has 4 rings (SSSR count). The number of nitrogens with zero attached hydrogens (tertiary/aromatic N) is 3. The van der Waals surface area contributed by atoms with E-state index < -0.39 is 0 Å². The average molecular weight is 339 g/mol. The topological polar surface area (TPSA) is 58.9 Å². The summed E-state index contributed by atoms with van der Waals surface area (Å²) in [4.78, 5) is 13.4. The van der Waals surface area contributed by atoms with Gasteiger partial charge < -0.3 is 5.11 Å². The Balaban J connectivity index is 1.99. The van der Waals surface area contributed by atoms with Crippen LogP contribution in [0.4, 0.5) is 0 Å². The summed E-state index contributed by atoms with van der Waals surface area (Å²) >= 11 is 0. The molecule has 3 aromatic heterocycles. The number of aromatic hydroxyl groups is 1. The molecule has 0 fully saturated rings. The van der Waals surface area contributed by atoms with Gasteiger partial charge in [-0.3, -0.25) is 9.97 Å². The lowest BCUT2D eigenvalue weighted by Gasteiger charge is -2.12. The molecule has 4 aromatic rings. The minimum absolute atomic E-state index is 0.119. The highest BCUT2D eigenvalue weighted by Crippen LogP contribution is 2.38. The predicted octanol–water partition coefficient (Wildman–Crippen LogP) is 4.89. The Labute approximate surface area is 151 Å². The van der Waals surface area contributed by atoms with E-state index in [9.17, 15) is 5.11 Å². The molecule has 0 aliphatic rings. The van der Waals surface area contributed by atoms with E-state index in [1.165, 1.54) is 0 Å². The summed E-state index contributed by atoms with van der Waals surface area (Å²) in [6.45, 7) is 2.03. The quantitative estimate of drug-likeness (QED) is 0.577. The van der Waals surface area contributed by atoms with Crippen molar-refractivity contribution < 1.29 is 5.11 Å². The fourth-order valence-corrected chi connectivity index (χ4v) is 2.90. The number of pyridine rings is 3. The fraction of sp³-hybridized carbons (Fsp3) is 0.0455. The Morgan fingerprint density at radius 1 is 0.731 bits per heavy atom. The first-order valence-electron chi connectivity index (χ1n) is 8.36. The van der Waals surface area contributed by atoms with Gasteiger partial charge in [0.1, 0.15) is 5.69 Å². The molecule has 0 aliphatic carbocycles. The highest BCUT2D eigenvalue weighted by Gasteiger charge is 2.17. The summed E-state index contributed by atoms with van der Waals surface area (Å²) < 4.78 is 0. The zero-order chi connectivity index (χ0) is 17.9. The lowest BCUT2D eigenvalue weighted by atomic mass is 9.99. The highest BCUT2D eigenvalue weighted by atomic mass is 16.3. The van der Waals surface area contributed by atoms with Crippen LogP contribution >= 0.6 is 0 Å². The molecule has 126 valence electrons. The van der Waals surface area contributed by atoms with E-state index in [-0.39, 0.29) is 5.75 Å². The van der Waals surface area contributed by atoms with Gasteiger partial charge in [0.05, 0.1) is 17.1 Å². The van der Waals surface area contributed by atoms with Crippen molar-refractivity contribution in [2.24, 2.45) is 0 Å². The Hall–Kier alpha value is -3.53. The predicted molar refractivity (Wildman–Crippen MR) is 103 cm³/mol. The van der Waals surface area contributed by atoms with Crippen molar-refractivity contribution in [3.05, 3.63) is 84.7 Å². The first kappa shape index (κ1) is 16.0. The maximum atomic E-state index is 10.9. The first-order valence-corrected chi connectivity index (χ1v) is 8.36. The minimum atomic E-state index is 0.119. The minimum Gasteiger partial charge on any atom is -0.505 e. The second kappa shape index (κ2) is 6.76. The van der Waals surface area contributed by atoms with E-state index in [4.69, 9.17) is 0 Å². The third-order valence-corrected chi connectivity index (χ3v) is 4.16. The van der Waals surface area contributed by atoms with Gasteiger partial charge in [0, 0.05) is 18.0 Å². The zero-order valence-electron chi connectivity index (χ0n) is 14.3. The van der Waals surface area contributed by atoms with Crippen LogP contribution in [0, 0.1) is 6.92 Å².